The van der Waals surface area contributed by atoms with Crippen LogP contribution in [0.25, 0.3) is 10.9 Å². The number of hydrogen-bond acceptors (Lipinski definition) is 5. The van der Waals surface area contributed by atoms with Crippen molar-refractivity contribution in [1.29, 1.82) is 0 Å². The van der Waals surface area contributed by atoms with Gasteiger partial charge in [0.2, 0.25) is 0 Å². The number of nitrogens with one attached hydrogen (secondary N) is 1. The fourth-order valence-electron chi connectivity index (χ4n) is 5.08. The largest absolute Gasteiger partial charge is 0.479 e. The van der Waals surface area contributed by atoms with Crippen LogP contribution in [0.2, 0.25) is 0 Å². The molecule has 0 saturated heterocycles. The maximum absolute atomic E-state index is 15.1. The van der Waals surface area contributed by atoms with E-state index in [4.69, 9.17) is 9.84 Å². The van der Waals surface area contributed by atoms with Gasteiger partial charge in [-0.2, -0.15) is 0 Å². The van der Waals surface area contributed by atoms with Crippen molar-refractivity contribution in [3.05, 3.63) is 38.8 Å². The summed E-state index contributed by atoms with van der Waals surface area (Å²) in [5.41, 5.74) is -0.260. The predicted molar refractivity (Wildman–Crippen MR) is 123 cm³/mol. The molecule has 2 aromatic rings. The summed E-state index contributed by atoms with van der Waals surface area (Å²) < 4.78 is 23.0. The monoisotopic (exact) mass is 461 g/mol. The second-order valence-corrected chi connectivity index (χ2v) is 9.23. The summed E-state index contributed by atoms with van der Waals surface area (Å²) in [5.74, 6) is -1.63. The van der Waals surface area contributed by atoms with Gasteiger partial charge in [0.05, 0.1) is 29.7 Å². The first-order valence-corrected chi connectivity index (χ1v) is 12.0. The van der Waals surface area contributed by atoms with E-state index in [2.05, 4.69) is 5.32 Å². The Bertz CT molecular complexity index is 1130. The number of hydrogen-bond donors (Lipinski definition) is 2. The Morgan fingerprint density at radius 1 is 1.15 bits per heavy atom. The highest BCUT2D eigenvalue weighted by molar-refractivity contribution is 5.82. The summed E-state index contributed by atoms with van der Waals surface area (Å²) in [6.45, 7) is 1.18. The third-order valence-corrected chi connectivity index (χ3v) is 6.94. The van der Waals surface area contributed by atoms with Gasteiger partial charge in [0.15, 0.2) is 6.10 Å². The van der Waals surface area contributed by atoms with Crippen LogP contribution in [-0.4, -0.2) is 39.0 Å². The first-order valence-electron chi connectivity index (χ1n) is 12.0. The number of rotatable bonds is 8. The molecule has 1 heterocycles. The zero-order valence-corrected chi connectivity index (χ0v) is 19.0. The third kappa shape index (κ3) is 4.98. The normalized spacial score (nSPS) is 18.6. The van der Waals surface area contributed by atoms with E-state index in [0.29, 0.717) is 11.2 Å². The van der Waals surface area contributed by atoms with Crippen molar-refractivity contribution in [3.63, 3.8) is 0 Å². The summed E-state index contributed by atoms with van der Waals surface area (Å²) in [4.78, 5) is 37.6. The third-order valence-electron chi connectivity index (χ3n) is 6.94. The number of halogens is 1. The van der Waals surface area contributed by atoms with E-state index >= 15 is 4.39 Å². The van der Waals surface area contributed by atoms with Gasteiger partial charge in [0, 0.05) is 12.1 Å². The minimum atomic E-state index is -1.12. The Labute approximate surface area is 191 Å². The predicted octanol–water partition coefficient (Wildman–Crippen LogP) is 3.65. The SMILES string of the molecule is CC(OCCn1c(=O)c2cc(F)c(NC3CCCCC3)cc2n(C2CCCC2)c1=O)C(=O)O. The minimum absolute atomic E-state index is 0.0568. The maximum Gasteiger partial charge on any atom is 0.332 e. The van der Waals surface area contributed by atoms with E-state index in [9.17, 15) is 14.4 Å². The molecule has 2 fully saturated rings. The number of carbonyl (C=O) groups is 1. The number of aromatic nitrogens is 2. The lowest BCUT2D eigenvalue weighted by atomic mass is 9.95. The molecule has 33 heavy (non-hydrogen) atoms. The Hall–Kier alpha value is -2.68. The molecule has 4 rings (SSSR count). The number of carboxylic acids is 1. The highest BCUT2D eigenvalue weighted by atomic mass is 19.1. The Morgan fingerprint density at radius 2 is 1.82 bits per heavy atom. The van der Waals surface area contributed by atoms with E-state index in [1.165, 1.54) is 19.4 Å². The molecule has 0 radical (unpaired) electrons. The molecule has 2 aliphatic rings. The molecule has 1 atom stereocenters. The fraction of sp³-hybridized carbons (Fsp3) is 0.625. The van der Waals surface area contributed by atoms with Gasteiger partial charge in [-0.25, -0.2) is 14.0 Å². The van der Waals surface area contributed by atoms with E-state index < -0.39 is 29.1 Å². The van der Waals surface area contributed by atoms with Crippen LogP contribution in [0, 0.1) is 5.82 Å². The van der Waals surface area contributed by atoms with Gasteiger partial charge < -0.3 is 15.2 Å². The van der Waals surface area contributed by atoms with Crippen molar-refractivity contribution < 1.29 is 19.0 Å². The van der Waals surface area contributed by atoms with Crippen molar-refractivity contribution in [2.24, 2.45) is 0 Å². The number of anilines is 1. The molecule has 8 nitrogen and oxygen atoms in total. The van der Waals surface area contributed by atoms with Crippen molar-refractivity contribution >= 4 is 22.6 Å². The number of aliphatic carboxylic acids is 1. The summed E-state index contributed by atoms with van der Waals surface area (Å²) in [5, 5.41) is 12.4. The first kappa shape index (κ1) is 23.5. The number of benzene rings is 1. The second-order valence-electron chi connectivity index (χ2n) is 9.23. The van der Waals surface area contributed by atoms with Crippen molar-refractivity contribution in [1.82, 2.24) is 9.13 Å². The fourth-order valence-corrected chi connectivity index (χ4v) is 5.08. The van der Waals surface area contributed by atoms with E-state index in [1.807, 2.05) is 0 Å². The average molecular weight is 462 g/mol. The van der Waals surface area contributed by atoms with Crippen LogP contribution in [0.15, 0.2) is 21.7 Å². The highest BCUT2D eigenvalue weighted by Gasteiger charge is 2.25. The summed E-state index contributed by atoms with van der Waals surface area (Å²) in [6.07, 6.45) is 7.92. The van der Waals surface area contributed by atoms with Crippen LogP contribution in [0.5, 0.6) is 0 Å². The zero-order chi connectivity index (χ0) is 23.5. The second kappa shape index (κ2) is 10.1. The molecule has 2 saturated carbocycles. The zero-order valence-electron chi connectivity index (χ0n) is 19.0. The smallest absolute Gasteiger partial charge is 0.332 e. The number of fused-ring (bicyclic) bond motifs is 1. The number of ether oxygens (including phenoxy) is 1. The lowest BCUT2D eigenvalue weighted by molar-refractivity contribution is -0.149. The van der Waals surface area contributed by atoms with Gasteiger partial charge in [-0.15, -0.1) is 0 Å². The quantitative estimate of drug-likeness (QED) is 0.622. The van der Waals surface area contributed by atoms with E-state index in [0.717, 1.165) is 55.9 Å². The van der Waals surface area contributed by atoms with E-state index in [1.54, 1.807) is 10.6 Å². The molecule has 0 spiro atoms. The van der Waals surface area contributed by atoms with Crippen molar-refractivity contribution in [3.8, 4) is 0 Å². The van der Waals surface area contributed by atoms with Crippen LogP contribution in [0.3, 0.4) is 0 Å². The molecule has 1 aromatic heterocycles. The van der Waals surface area contributed by atoms with Crippen LogP contribution in [0.1, 0.15) is 70.8 Å². The Kier molecular flexibility index (Phi) is 7.17. The lowest BCUT2D eigenvalue weighted by Gasteiger charge is -2.25. The van der Waals surface area contributed by atoms with Gasteiger partial charge in [0.1, 0.15) is 5.82 Å². The molecular weight excluding hydrogens is 429 g/mol. The minimum Gasteiger partial charge on any atom is -0.479 e. The first-order chi connectivity index (χ1) is 15.9. The molecule has 1 unspecified atom stereocenters. The summed E-state index contributed by atoms with van der Waals surface area (Å²) in [7, 11) is 0. The van der Waals surface area contributed by atoms with Crippen LogP contribution >= 0.6 is 0 Å². The van der Waals surface area contributed by atoms with Gasteiger partial charge in [-0.1, -0.05) is 32.1 Å². The number of nitrogens with zero attached hydrogens (tertiary/aromatic N) is 2. The molecule has 0 aliphatic heterocycles. The van der Waals surface area contributed by atoms with Crippen LogP contribution in [0.4, 0.5) is 10.1 Å². The van der Waals surface area contributed by atoms with Crippen LogP contribution < -0.4 is 16.6 Å². The van der Waals surface area contributed by atoms with Gasteiger partial charge in [-0.05, 0) is 44.7 Å². The van der Waals surface area contributed by atoms with Gasteiger partial charge in [0.25, 0.3) is 5.56 Å². The van der Waals surface area contributed by atoms with Crippen molar-refractivity contribution in [2.45, 2.75) is 89.4 Å². The van der Waals surface area contributed by atoms with E-state index in [-0.39, 0.29) is 30.6 Å². The molecular formula is C24H32FN3O5. The molecule has 2 N–H and O–H groups in total. The molecule has 0 bridgehead atoms. The molecule has 2 aliphatic carbocycles. The van der Waals surface area contributed by atoms with Crippen molar-refractivity contribution in [2.75, 3.05) is 11.9 Å². The Balaban J connectivity index is 1.75. The topological polar surface area (TPSA) is 103 Å². The highest BCUT2D eigenvalue weighted by Crippen LogP contribution is 2.32. The summed E-state index contributed by atoms with van der Waals surface area (Å²) >= 11 is 0. The molecule has 9 heteroatoms. The molecule has 1 aromatic carbocycles. The van der Waals surface area contributed by atoms with Gasteiger partial charge in [-0.3, -0.25) is 13.9 Å². The Morgan fingerprint density at radius 3 is 2.48 bits per heavy atom. The number of carboxylic acid groups (broad SMARTS) is 1. The maximum atomic E-state index is 15.1. The molecule has 0 amide bonds. The summed E-state index contributed by atoms with van der Waals surface area (Å²) in [6, 6.07) is 2.98. The molecule has 180 valence electrons. The lowest BCUT2D eigenvalue weighted by Crippen LogP contribution is -2.42. The average Bonchev–Trinajstić information content (AvgIpc) is 3.32. The standard InChI is InChI=1S/C24H32FN3O5/c1-15(23(30)31)33-12-11-27-22(29)18-13-19(25)20(26-16-7-3-2-4-8-16)14-21(18)28(24(27)32)17-9-5-6-10-17/h13-17,26H,2-12H2,1H3,(H,30,31). The van der Waals surface area contributed by atoms with Gasteiger partial charge >= 0.3 is 11.7 Å². The van der Waals surface area contributed by atoms with Crippen LogP contribution in [-0.2, 0) is 16.1 Å².